The van der Waals surface area contributed by atoms with E-state index in [1.165, 1.54) is 30.4 Å². The van der Waals surface area contributed by atoms with Gasteiger partial charge in [-0.05, 0) is 31.4 Å². The van der Waals surface area contributed by atoms with Crippen LogP contribution in [0.25, 0.3) is 11.0 Å². The van der Waals surface area contributed by atoms with Gasteiger partial charge in [0.25, 0.3) is 0 Å². The number of nitrogens with zero attached hydrogens (tertiary/aromatic N) is 4. The molecule has 0 amide bonds. The Balaban J connectivity index is 0.00000210. The third-order valence-corrected chi connectivity index (χ3v) is 4.82. The van der Waals surface area contributed by atoms with Gasteiger partial charge < -0.3 is 4.74 Å². The Morgan fingerprint density at radius 3 is 2.52 bits per heavy atom. The van der Waals surface area contributed by atoms with Crippen molar-refractivity contribution in [1.82, 2.24) is 19.9 Å². The summed E-state index contributed by atoms with van der Waals surface area (Å²) in [6.45, 7) is 4.84. The van der Waals surface area contributed by atoms with Crippen molar-refractivity contribution in [3.05, 3.63) is 59.5 Å². The van der Waals surface area contributed by atoms with E-state index in [4.69, 9.17) is 9.72 Å². The van der Waals surface area contributed by atoms with Gasteiger partial charge in [0.2, 0.25) is 5.88 Å². The molecule has 0 aliphatic carbocycles. The molecule has 0 spiro atoms. The summed E-state index contributed by atoms with van der Waals surface area (Å²) in [5.41, 5.74) is 5.01. The van der Waals surface area contributed by atoms with E-state index in [-0.39, 0.29) is 12.4 Å². The Hall–Kier alpha value is -2.24. The van der Waals surface area contributed by atoms with E-state index in [0.29, 0.717) is 12.6 Å². The van der Waals surface area contributed by atoms with Gasteiger partial charge in [-0.3, -0.25) is 9.88 Å². The summed E-state index contributed by atoms with van der Waals surface area (Å²) in [4.78, 5) is 16.0. The van der Waals surface area contributed by atoms with Crippen molar-refractivity contribution in [2.24, 2.45) is 0 Å². The van der Waals surface area contributed by atoms with E-state index < -0.39 is 0 Å². The van der Waals surface area contributed by atoms with Crippen molar-refractivity contribution in [1.29, 1.82) is 0 Å². The fraction of sp³-hybridized carbons (Fsp3) is 0.381. The zero-order valence-electron chi connectivity index (χ0n) is 15.6. The number of rotatable bonds is 5. The molecule has 0 N–H and O–H groups in total. The standard InChI is InChI=1S/C21H24N4O.ClH/c1-16-5-7-17(8-6-16)13-18-14-19-20(23-10-9-22-19)21(24-18)26-15-25-11-3-2-4-12-25;/h5-10,14H,2-4,11-13,15H2,1H3;1H. The molecule has 1 saturated heterocycles. The van der Waals surface area contributed by atoms with Crippen molar-refractivity contribution in [3.8, 4) is 5.88 Å². The SMILES string of the molecule is Cc1ccc(Cc2cc3nccnc3c(OCN3CCCCC3)n2)cc1.Cl. The lowest BCUT2D eigenvalue weighted by Gasteiger charge is -2.26. The molecule has 1 aliphatic rings. The first-order valence-electron chi connectivity index (χ1n) is 9.29. The number of fused-ring (bicyclic) bond motifs is 1. The summed E-state index contributed by atoms with van der Waals surface area (Å²) in [6, 6.07) is 10.6. The molecule has 27 heavy (non-hydrogen) atoms. The highest BCUT2D eigenvalue weighted by atomic mass is 35.5. The van der Waals surface area contributed by atoms with Crippen molar-refractivity contribution in [2.75, 3.05) is 19.8 Å². The van der Waals surface area contributed by atoms with Gasteiger partial charge in [0.15, 0.2) is 5.52 Å². The van der Waals surface area contributed by atoms with Crippen LogP contribution < -0.4 is 4.74 Å². The first-order valence-corrected chi connectivity index (χ1v) is 9.29. The Morgan fingerprint density at radius 1 is 1.00 bits per heavy atom. The number of aromatic nitrogens is 3. The average molecular weight is 385 g/mol. The highest BCUT2D eigenvalue weighted by Gasteiger charge is 2.14. The second kappa shape index (κ2) is 9.11. The summed E-state index contributed by atoms with van der Waals surface area (Å²) < 4.78 is 6.07. The number of aryl methyl sites for hydroxylation is 1. The summed E-state index contributed by atoms with van der Waals surface area (Å²) >= 11 is 0. The predicted octanol–water partition coefficient (Wildman–Crippen LogP) is 4.17. The Labute approximate surface area is 166 Å². The van der Waals surface area contributed by atoms with Gasteiger partial charge in [0, 0.05) is 31.9 Å². The van der Waals surface area contributed by atoms with Crippen LogP contribution in [0.3, 0.4) is 0 Å². The van der Waals surface area contributed by atoms with Gasteiger partial charge in [-0.2, -0.15) is 0 Å². The number of halogens is 1. The van der Waals surface area contributed by atoms with Gasteiger partial charge in [0.05, 0.1) is 11.2 Å². The molecule has 142 valence electrons. The summed E-state index contributed by atoms with van der Waals surface area (Å²) in [5.74, 6) is 0.586. The highest BCUT2D eigenvalue weighted by Crippen LogP contribution is 2.23. The zero-order chi connectivity index (χ0) is 17.8. The van der Waals surface area contributed by atoms with Crippen LogP contribution in [0, 0.1) is 6.92 Å². The number of piperidine rings is 1. The van der Waals surface area contributed by atoms with Crippen LogP contribution in [0.2, 0.25) is 0 Å². The van der Waals surface area contributed by atoms with Crippen LogP contribution in [0.15, 0.2) is 42.7 Å². The van der Waals surface area contributed by atoms with E-state index >= 15 is 0 Å². The van der Waals surface area contributed by atoms with E-state index in [2.05, 4.69) is 46.1 Å². The number of ether oxygens (including phenoxy) is 1. The minimum absolute atomic E-state index is 0. The lowest BCUT2D eigenvalue weighted by Crippen LogP contribution is -2.33. The van der Waals surface area contributed by atoms with Crippen LogP contribution in [-0.4, -0.2) is 39.7 Å². The molecule has 1 fully saturated rings. The van der Waals surface area contributed by atoms with Crippen LogP contribution in [0.5, 0.6) is 5.88 Å². The summed E-state index contributed by atoms with van der Waals surface area (Å²) in [5, 5.41) is 0. The van der Waals surface area contributed by atoms with E-state index in [1.54, 1.807) is 12.4 Å². The van der Waals surface area contributed by atoms with E-state index in [9.17, 15) is 0 Å². The quantitative estimate of drug-likeness (QED) is 0.660. The number of likely N-dealkylation sites (tertiary alicyclic amines) is 1. The molecule has 6 heteroatoms. The third-order valence-electron chi connectivity index (χ3n) is 4.82. The summed E-state index contributed by atoms with van der Waals surface area (Å²) in [6.07, 6.45) is 7.96. The molecule has 0 bridgehead atoms. The second-order valence-corrected chi connectivity index (χ2v) is 6.96. The normalized spacial score (nSPS) is 14.7. The van der Waals surface area contributed by atoms with Crippen molar-refractivity contribution in [2.45, 2.75) is 32.6 Å². The maximum atomic E-state index is 6.07. The summed E-state index contributed by atoms with van der Waals surface area (Å²) in [7, 11) is 0. The van der Waals surface area contributed by atoms with E-state index in [0.717, 1.165) is 36.2 Å². The lowest BCUT2D eigenvalue weighted by atomic mass is 10.1. The first-order chi connectivity index (χ1) is 12.8. The maximum absolute atomic E-state index is 6.07. The van der Waals surface area contributed by atoms with Gasteiger partial charge in [0.1, 0.15) is 6.73 Å². The van der Waals surface area contributed by atoms with Crippen molar-refractivity contribution >= 4 is 23.4 Å². The van der Waals surface area contributed by atoms with Gasteiger partial charge in [-0.25, -0.2) is 9.97 Å². The average Bonchev–Trinajstić information content (AvgIpc) is 2.69. The molecule has 3 heterocycles. The van der Waals surface area contributed by atoms with E-state index in [1.807, 2.05) is 6.07 Å². The van der Waals surface area contributed by atoms with Crippen LogP contribution in [0.4, 0.5) is 0 Å². The van der Waals surface area contributed by atoms with Crippen LogP contribution in [0.1, 0.15) is 36.1 Å². The number of pyridine rings is 1. The fourth-order valence-electron chi connectivity index (χ4n) is 3.34. The monoisotopic (exact) mass is 384 g/mol. The molecule has 0 radical (unpaired) electrons. The molecule has 1 aromatic carbocycles. The molecular weight excluding hydrogens is 360 g/mol. The van der Waals surface area contributed by atoms with Crippen LogP contribution >= 0.6 is 12.4 Å². The molecule has 1 aliphatic heterocycles. The second-order valence-electron chi connectivity index (χ2n) is 6.96. The first kappa shape index (κ1) is 19.5. The number of benzene rings is 1. The number of hydrogen-bond acceptors (Lipinski definition) is 5. The van der Waals surface area contributed by atoms with Crippen molar-refractivity contribution in [3.63, 3.8) is 0 Å². The Morgan fingerprint density at radius 2 is 1.74 bits per heavy atom. The molecule has 3 aromatic rings. The number of hydrogen-bond donors (Lipinski definition) is 0. The largest absolute Gasteiger partial charge is 0.460 e. The Bertz CT molecular complexity index is 879. The Kier molecular flexibility index (Phi) is 6.58. The highest BCUT2D eigenvalue weighted by molar-refractivity contribution is 5.85. The molecule has 0 unspecified atom stereocenters. The molecule has 2 aromatic heterocycles. The maximum Gasteiger partial charge on any atom is 0.243 e. The smallest absolute Gasteiger partial charge is 0.243 e. The molecule has 0 atom stereocenters. The molecule has 5 nitrogen and oxygen atoms in total. The molecular formula is C21H25ClN4O. The lowest BCUT2D eigenvalue weighted by molar-refractivity contribution is 0.104. The van der Waals surface area contributed by atoms with Crippen LogP contribution in [-0.2, 0) is 6.42 Å². The topological polar surface area (TPSA) is 51.1 Å². The fourth-order valence-corrected chi connectivity index (χ4v) is 3.34. The minimum atomic E-state index is 0. The minimum Gasteiger partial charge on any atom is -0.460 e. The van der Waals surface area contributed by atoms with Gasteiger partial charge >= 0.3 is 0 Å². The predicted molar refractivity (Wildman–Crippen MR) is 109 cm³/mol. The zero-order valence-corrected chi connectivity index (χ0v) is 16.4. The van der Waals surface area contributed by atoms with Gasteiger partial charge in [-0.15, -0.1) is 12.4 Å². The van der Waals surface area contributed by atoms with Crippen molar-refractivity contribution < 1.29 is 4.74 Å². The molecule has 0 saturated carbocycles. The van der Waals surface area contributed by atoms with Gasteiger partial charge in [-0.1, -0.05) is 36.2 Å². The third kappa shape index (κ3) is 4.93. The molecule has 4 rings (SSSR count).